The molecule has 0 radical (unpaired) electrons. The number of carbonyl (C=O) groups is 1. The van der Waals surface area contributed by atoms with Gasteiger partial charge in [-0.25, -0.2) is 14.8 Å². The lowest BCUT2D eigenvalue weighted by Gasteiger charge is -2.40. The van der Waals surface area contributed by atoms with E-state index in [0.717, 1.165) is 36.6 Å². The van der Waals surface area contributed by atoms with Crippen LogP contribution in [-0.2, 0) is 17.7 Å². The molecule has 1 fully saturated rings. The van der Waals surface area contributed by atoms with Gasteiger partial charge in [-0.05, 0) is 39.4 Å². The van der Waals surface area contributed by atoms with Gasteiger partial charge in [-0.3, -0.25) is 0 Å². The van der Waals surface area contributed by atoms with Gasteiger partial charge in [-0.15, -0.1) is 0 Å². The van der Waals surface area contributed by atoms with E-state index < -0.39 is 5.60 Å². The third-order valence-corrected chi connectivity index (χ3v) is 4.27. The molecule has 1 aromatic heterocycles. The van der Waals surface area contributed by atoms with E-state index in [4.69, 9.17) is 16.3 Å². The Bertz CT molecular complexity index is 640. The highest BCUT2D eigenvalue weighted by Gasteiger charge is 2.34. The van der Waals surface area contributed by atoms with E-state index in [2.05, 4.69) is 27.2 Å². The molecule has 0 atom stereocenters. The fraction of sp³-hybridized carbons (Fsp3) is 0.688. The molecule has 24 heavy (non-hydrogen) atoms. The number of anilines is 1. The Morgan fingerprint density at radius 3 is 2.71 bits per heavy atom. The molecule has 0 bridgehead atoms. The third-order valence-electron chi connectivity index (χ3n) is 4.10. The predicted octanol–water partition coefficient (Wildman–Crippen LogP) is 2.15. The first-order chi connectivity index (χ1) is 11.2. The van der Waals surface area contributed by atoms with Gasteiger partial charge in [0.15, 0.2) is 0 Å². The number of hydrogen-bond acceptors (Lipinski definition) is 6. The van der Waals surface area contributed by atoms with Crippen molar-refractivity contribution in [1.82, 2.24) is 19.8 Å². The fourth-order valence-corrected chi connectivity index (χ4v) is 3.06. The summed E-state index contributed by atoms with van der Waals surface area (Å²) in [7, 11) is 2.08. The van der Waals surface area contributed by atoms with Crippen LogP contribution in [0.15, 0.2) is 0 Å². The second kappa shape index (κ2) is 6.37. The smallest absolute Gasteiger partial charge is 0.410 e. The van der Waals surface area contributed by atoms with Crippen molar-refractivity contribution in [1.29, 1.82) is 0 Å². The molecule has 1 amide bonds. The number of carbonyl (C=O) groups excluding carboxylic acids is 1. The van der Waals surface area contributed by atoms with Crippen LogP contribution >= 0.6 is 11.6 Å². The van der Waals surface area contributed by atoms with Crippen LogP contribution in [0.1, 0.15) is 32.0 Å². The van der Waals surface area contributed by atoms with E-state index in [9.17, 15) is 4.79 Å². The number of ether oxygens (including phenoxy) is 1. The molecule has 1 N–H and O–H groups in total. The Morgan fingerprint density at radius 1 is 1.33 bits per heavy atom. The average Bonchev–Trinajstić information content (AvgIpc) is 2.40. The molecule has 1 saturated heterocycles. The molecular weight excluding hydrogens is 330 g/mol. The summed E-state index contributed by atoms with van der Waals surface area (Å²) in [5.74, 6) is 0.783. The van der Waals surface area contributed by atoms with Crippen molar-refractivity contribution in [2.45, 2.75) is 45.4 Å². The van der Waals surface area contributed by atoms with Crippen LogP contribution < -0.4 is 5.32 Å². The maximum Gasteiger partial charge on any atom is 0.410 e. The van der Waals surface area contributed by atoms with Crippen LogP contribution in [0.3, 0.4) is 0 Å². The summed E-state index contributed by atoms with van der Waals surface area (Å²) in [5, 5.41) is 3.67. The summed E-state index contributed by atoms with van der Waals surface area (Å²) in [6.45, 7) is 8.57. The van der Waals surface area contributed by atoms with E-state index in [-0.39, 0.29) is 17.4 Å². The van der Waals surface area contributed by atoms with Crippen molar-refractivity contribution in [3.8, 4) is 0 Å². The molecule has 0 spiro atoms. The highest BCUT2D eigenvalue weighted by atomic mass is 35.5. The Labute approximate surface area is 147 Å². The van der Waals surface area contributed by atoms with Crippen molar-refractivity contribution in [2.75, 3.05) is 32.0 Å². The molecule has 0 saturated carbocycles. The van der Waals surface area contributed by atoms with Crippen molar-refractivity contribution in [2.24, 2.45) is 0 Å². The molecule has 2 aliphatic heterocycles. The average molecular weight is 354 g/mol. The van der Waals surface area contributed by atoms with Gasteiger partial charge in [-0.2, -0.15) is 0 Å². The number of nitrogens with one attached hydrogen (secondary N) is 1. The van der Waals surface area contributed by atoms with Crippen LogP contribution in [0.2, 0.25) is 5.28 Å². The number of likely N-dealkylation sites (N-methyl/N-ethyl adjacent to an activating group) is 1. The molecule has 8 heteroatoms. The van der Waals surface area contributed by atoms with Crippen molar-refractivity contribution < 1.29 is 9.53 Å². The minimum atomic E-state index is -0.473. The van der Waals surface area contributed by atoms with Crippen molar-refractivity contribution >= 4 is 23.5 Å². The summed E-state index contributed by atoms with van der Waals surface area (Å²) in [4.78, 5) is 24.6. The Kier molecular flexibility index (Phi) is 4.57. The molecule has 2 aliphatic rings. The summed E-state index contributed by atoms with van der Waals surface area (Å²) < 4.78 is 5.37. The largest absolute Gasteiger partial charge is 0.444 e. The van der Waals surface area contributed by atoms with E-state index in [1.165, 1.54) is 0 Å². The number of halogens is 1. The third kappa shape index (κ3) is 3.89. The first-order valence-corrected chi connectivity index (χ1v) is 8.57. The molecule has 3 rings (SSSR count). The zero-order valence-corrected chi connectivity index (χ0v) is 15.4. The maximum absolute atomic E-state index is 12.0. The molecule has 3 heterocycles. The lowest BCUT2D eigenvalue weighted by Crippen LogP contribution is -2.58. The normalized spacial score (nSPS) is 18.8. The monoisotopic (exact) mass is 353 g/mol. The molecule has 0 aromatic carbocycles. The van der Waals surface area contributed by atoms with Gasteiger partial charge >= 0.3 is 6.09 Å². The van der Waals surface area contributed by atoms with Gasteiger partial charge in [0.05, 0.1) is 11.7 Å². The van der Waals surface area contributed by atoms with Gasteiger partial charge in [-0.1, -0.05) is 0 Å². The predicted molar refractivity (Wildman–Crippen MR) is 92.3 cm³/mol. The fourth-order valence-electron chi connectivity index (χ4n) is 2.88. The minimum absolute atomic E-state index is 0.153. The Balaban J connectivity index is 1.63. The van der Waals surface area contributed by atoms with Crippen LogP contribution in [0.4, 0.5) is 10.6 Å². The second-order valence-corrected chi connectivity index (χ2v) is 7.82. The van der Waals surface area contributed by atoms with Gasteiger partial charge < -0.3 is 19.9 Å². The van der Waals surface area contributed by atoms with Crippen LogP contribution in [0, 0.1) is 0 Å². The maximum atomic E-state index is 12.0. The standard InChI is InChI=1S/C16H24ClN5O2/c1-16(2,3)24-15(23)22-7-10(8-22)18-13-11-9-21(4)6-5-12(11)19-14(17)20-13/h10H,5-9H2,1-4H3,(H,18,19,20). The minimum Gasteiger partial charge on any atom is -0.444 e. The summed E-state index contributed by atoms with van der Waals surface area (Å²) in [6, 6.07) is 0.153. The number of aromatic nitrogens is 2. The SMILES string of the molecule is CN1CCc2nc(Cl)nc(NC3CN(C(=O)OC(C)(C)C)C3)c2C1. The lowest BCUT2D eigenvalue weighted by atomic mass is 10.1. The molecule has 0 unspecified atom stereocenters. The van der Waals surface area contributed by atoms with Gasteiger partial charge in [0.1, 0.15) is 11.4 Å². The number of fused-ring (bicyclic) bond motifs is 1. The molecule has 7 nitrogen and oxygen atoms in total. The second-order valence-electron chi connectivity index (χ2n) is 7.48. The highest BCUT2D eigenvalue weighted by Crippen LogP contribution is 2.26. The van der Waals surface area contributed by atoms with Crippen molar-refractivity contribution in [3.63, 3.8) is 0 Å². The van der Waals surface area contributed by atoms with E-state index in [0.29, 0.717) is 13.1 Å². The zero-order chi connectivity index (χ0) is 17.5. The number of nitrogens with zero attached hydrogens (tertiary/aromatic N) is 4. The van der Waals surface area contributed by atoms with Crippen LogP contribution in [-0.4, -0.2) is 64.2 Å². The number of likely N-dealkylation sites (tertiary alicyclic amines) is 1. The first kappa shape index (κ1) is 17.2. The van der Waals surface area contributed by atoms with E-state index in [1.807, 2.05) is 20.8 Å². The number of rotatable bonds is 2. The van der Waals surface area contributed by atoms with E-state index in [1.54, 1.807) is 4.90 Å². The number of hydrogen-bond donors (Lipinski definition) is 1. The van der Waals surface area contributed by atoms with Gasteiger partial charge in [0, 0.05) is 38.2 Å². The highest BCUT2D eigenvalue weighted by molar-refractivity contribution is 6.28. The first-order valence-electron chi connectivity index (χ1n) is 8.19. The summed E-state index contributed by atoms with van der Waals surface area (Å²) >= 11 is 6.05. The molecule has 1 aromatic rings. The zero-order valence-electron chi connectivity index (χ0n) is 14.6. The van der Waals surface area contributed by atoms with E-state index >= 15 is 0 Å². The Hall–Kier alpha value is -1.60. The summed E-state index contributed by atoms with van der Waals surface area (Å²) in [5.41, 5.74) is 1.64. The lowest BCUT2D eigenvalue weighted by molar-refractivity contribution is 0.0104. The molecule has 0 aliphatic carbocycles. The topological polar surface area (TPSA) is 70.6 Å². The number of amides is 1. The quantitative estimate of drug-likeness (QED) is 0.821. The van der Waals surface area contributed by atoms with Crippen LogP contribution in [0.25, 0.3) is 0 Å². The summed E-state index contributed by atoms with van der Waals surface area (Å²) in [6.07, 6.45) is 0.598. The van der Waals surface area contributed by atoms with Crippen LogP contribution in [0.5, 0.6) is 0 Å². The van der Waals surface area contributed by atoms with Gasteiger partial charge in [0.2, 0.25) is 5.28 Å². The molecule has 132 valence electrons. The van der Waals surface area contributed by atoms with Crippen molar-refractivity contribution in [3.05, 3.63) is 16.5 Å². The van der Waals surface area contributed by atoms with Gasteiger partial charge in [0.25, 0.3) is 0 Å². The Morgan fingerprint density at radius 2 is 2.04 bits per heavy atom. The molecular formula is C16H24ClN5O2.